The Morgan fingerprint density at radius 2 is 2.29 bits per heavy atom. The van der Waals surface area contributed by atoms with Crippen molar-refractivity contribution in [2.45, 2.75) is 44.7 Å². The number of likely N-dealkylation sites (tertiary alicyclic amines) is 1. The summed E-state index contributed by atoms with van der Waals surface area (Å²) in [6.45, 7) is 4.85. The van der Waals surface area contributed by atoms with Crippen molar-refractivity contribution >= 4 is 0 Å². The zero-order chi connectivity index (χ0) is 11.8. The Morgan fingerprint density at radius 3 is 2.94 bits per heavy atom. The molecule has 1 aliphatic heterocycles. The first-order valence-electron chi connectivity index (χ1n) is 6.53. The summed E-state index contributed by atoms with van der Waals surface area (Å²) in [6.07, 6.45) is 3.61. The van der Waals surface area contributed by atoms with Crippen LogP contribution < -0.4 is 5.73 Å². The van der Waals surface area contributed by atoms with E-state index in [-0.39, 0.29) is 0 Å². The van der Waals surface area contributed by atoms with Gasteiger partial charge in [0.25, 0.3) is 0 Å². The lowest BCUT2D eigenvalue weighted by Crippen LogP contribution is -2.27. The van der Waals surface area contributed by atoms with Gasteiger partial charge in [0.15, 0.2) is 5.82 Å². The van der Waals surface area contributed by atoms with Crippen molar-refractivity contribution in [2.75, 3.05) is 13.1 Å². The van der Waals surface area contributed by atoms with E-state index in [2.05, 4.69) is 22.0 Å². The summed E-state index contributed by atoms with van der Waals surface area (Å²) in [5.74, 6) is 2.86. The second kappa shape index (κ2) is 4.38. The van der Waals surface area contributed by atoms with Crippen LogP contribution in [0.5, 0.6) is 0 Å². The number of nitrogens with two attached hydrogens (primary N) is 1. The van der Waals surface area contributed by atoms with E-state index in [0.29, 0.717) is 17.9 Å². The van der Waals surface area contributed by atoms with Crippen LogP contribution in [-0.2, 0) is 6.54 Å². The van der Waals surface area contributed by atoms with Crippen molar-refractivity contribution in [2.24, 2.45) is 11.7 Å². The number of nitrogens with zero attached hydrogens (tertiary/aromatic N) is 3. The van der Waals surface area contributed by atoms with Gasteiger partial charge >= 0.3 is 0 Å². The summed E-state index contributed by atoms with van der Waals surface area (Å²) >= 11 is 0. The molecule has 94 valence electrons. The number of hydrogen-bond acceptors (Lipinski definition) is 5. The molecule has 1 aromatic heterocycles. The van der Waals surface area contributed by atoms with Crippen molar-refractivity contribution in [1.82, 2.24) is 15.0 Å². The van der Waals surface area contributed by atoms with Gasteiger partial charge in [0.1, 0.15) is 0 Å². The van der Waals surface area contributed by atoms with Crippen LogP contribution in [-0.4, -0.2) is 34.2 Å². The number of hydrogen-bond donors (Lipinski definition) is 1. The number of aromatic nitrogens is 2. The number of rotatable bonds is 4. The molecule has 5 nitrogen and oxygen atoms in total. The maximum Gasteiger partial charge on any atom is 0.240 e. The van der Waals surface area contributed by atoms with Crippen LogP contribution >= 0.6 is 0 Å². The van der Waals surface area contributed by atoms with E-state index >= 15 is 0 Å². The molecule has 0 aromatic carbocycles. The molecule has 5 heteroatoms. The van der Waals surface area contributed by atoms with Gasteiger partial charge in [0, 0.05) is 18.5 Å². The van der Waals surface area contributed by atoms with E-state index < -0.39 is 0 Å². The zero-order valence-corrected chi connectivity index (χ0v) is 10.3. The molecule has 3 rings (SSSR count). The minimum Gasteiger partial charge on any atom is -0.338 e. The summed E-state index contributed by atoms with van der Waals surface area (Å²) in [5.41, 5.74) is 5.73. The molecule has 1 aromatic rings. The maximum absolute atomic E-state index is 5.73. The Hall–Kier alpha value is -0.940. The SMILES string of the molecule is CC1CC(CN)CN1Cc1nc(C2CC2)no1. The molecule has 2 aliphatic rings. The lowest BCUT2D eigenvalue weighted by atomic mass is 10.1. The molecule has 0 spiro atoms. The van der Waals surface area contributed by atoms with E-state index in [1.165, 1.54) is 19.3 Å². The summed E-state index contributed by atoms with van der Waals surface area (Å²) < 4.78 is 5.31. The first kappa shape index (κ1) is 11.2. The van der Waals surface area contributed by atoms with Crippen LogP contribution in [0.3, 0.4) is 0 Å². The van der Waals surface area contributed by atoms with Gasteiger partial charge in [-0.15, -0.1) is 0 Å². The third kappa shape index (κ3) is 2.35. The highest BCUT2D eigenvalue weighted by Crippen LogP contribution is 2.38. The van der Waals surface area contributed by atoms with Gasteiger partial charge in [-0.25, -0.2) is 0 Å². The average Bonchev–Trinajstić information content (AvgIpc) is 2.98. The molecule has 2 fully saturated rings. The van der Waals surface area contributed by atoms with E-state index in [1.807, 2.05) is 0 Å². The largest absolute Gasteiger partial charge is 0.338 e. The van der Waals surface area contributed by atoms with Gasteiger partial charge in [0.05, 0.1) is 6.54 Å². The van der Waals surface area contributed by atoms with Crippen LogP contribution in [0.15, 0.2) is 4.52 Å². The highest BCUT2D eigenvalue weighted by molar-refractivity contribution is 5.03. The fraction of sp³-hybridized carbons (Fsp3) is 0.833. The predicted molar refractivity (Wildman–Crippen MR) is 63.3 cm³/mol. The normalized spacial score (nSPS) is 30.0. The molecular weight excluding hydrogens is 216 g/mol. The summed E-state index contributed by atoms with van der Waals surface area (Å²) in [5, 5.41) is 4.05. The zero-order valence-electron chi connectivity index (χ0n) is 10.3. The molecule has 2 heterocycles. The second-order valence-electron chi connectivity index (χ2n) is 5.44. The van der Waals surface area contributed by atoms with Crippen LogP contribution in [0.2, 0.25) is 0 Å². The van der Waals surface area contributed by atoms with Crippen molar-refractivity contribution in [1.29, 1.82) is 0 Å². The molecule has 1 aliphatic carbocycles. The molecule has 17 heavy (non-hydrogen) atoms. The van der Waals surface area contributed by atoms with E-state index in [1.54, 1.807) is 0 Å². The van der Waals surface area contributed by atoms with Gasteiger partial charge in [-0.05, 0) is 38.6 Å². The van der Waals surface area contributed by atoms with E-state index in [9.17, 15) is 0 Å². The van der Waals surface area contributed by atoms with Crippen LogP contribution in [0, 0.1) is 5.92 Å². The van der Waals surface area contributed by atoms with E-state index in [0.717, 1.165) is 31.3 Å². The Balaban J connectivity index is 1.61. The molecule has 1 saturated heterocycles. The lowest BCUT2D eigenvalue weighted by Gasteiger charge is -2.18. The molecule has 2 unspecified atom stereocenters. The van der Waals surface area contributed by atoms with Crippen LogP contribution in [0.4, 0.5) is 0 Å². The van der Waals surface area contributed by atoms with Crippen molar-refractivity contribution in [3.8, 4) is 0 Å². The summed E-state index contributed by atoms with van der Waals surface area (Å²) in [7, 11) is 0. The van der Waals surface area contributed by atoms with E-state index in [4.69, 9.17) is 10.3 Å². The summed E-state index contributed by atoms with van der Waals surface area (Å²) in [6, 6.07) is 0.569. The summed E-state index contributed by atoms with van der Waals surface area (Å²) in [4.78, 5) is 6.86. The molecule has 0 radical (unpaired) electrons. The Labute approximate surface area is 101 Å². The highest BCUT2D eigenvalue weighted by Gasteiger charge is 2.31. The minimum atomic E-state index is 0.569. The van der Waals surface area contributed by atoms with Gasteiger partial charge in [-0.2, -0.15) is 4.98 Å². The van der Waals surface area contributed by atoms with Crippen LogP contribution in [0.25, 0.3) is 0 Å². The fourth-order valence-corrected chi connectivity index (χ4v) is 2.62. The van der Waals surface area contributed by atoms with Gasteiger partial charge < -0.3 is 10.3 Å². The highest BCUT2D eigenvalue weighted by atomic mass is 16.5. The standard InChI is InChI=1S/C12H20N4O/c1-8-4-9(5-13)6-16(8)7-11-14-12(15-17-11)10-2-3-10/h8-10H,2-7,13H2,1H3. The van der Waals surface area contributed by atoms with Gasteiger partial charge in [0.2, 0.25) is 5.89 Å². The molecule has 1 saturated carbocycles. The molecule has 2 N–H and O–H groups in total. The van der Waals surface area contributed by atoms with Crippen molar-refractivity contribution in [3.05, 3.63) is 11.7 Å². The first-order valence-corrected chi connectivity index (χ1v) is 6.53. The average molecular weight is 236 g/mol. The maximum atomic E-state index is 5.73. The first-order chi connectivity index (χ1) is 8.26. The lowest BCUT2D eigenvalue weighted by molar-refractivity contribution is 0.218. The molecular formula is C12H20N4O. The second-order valence-corrected chi connectivity index (χ2v) is 5.44. The minimum absolute atomic E-state index is 0.569. The molecule has 0 bridgehead atoms. The monoisotopic (exact) mass is 236 g/mol. The quantitative estimate of drug-likeness (QED) is 0.848. The van der Waals surface area contributed by atoms with Crippen molar-refractivity contribution in [3.63, 3.8) is 0 Å². The smallest absolute Gasteiger partial charge is 0.240 e. The Kier molecular flexibility index (Phi) is 2.88. The Bertz CT molecular complexity index is 388. The van der Waals surface area contributed by atoms with Gasteiger partial charge in [-0.3, -0.25) is 4.90 Å². The molecule has 0 amide bonds. The van der Waals surface area contributed by atoms with Gasteiger partial charge in [-0.1, -0.05) is 5.16 Å². The van der Waals surface area contributed by atoms with Crippen LogP contribution in [0.1, 0.15) is 43.8 Å². The Morgan fingerprint density at radius 1 is 1.47 bits per heavy atom. The fourth-order valence-electron chi connectivity index (χ4n) is 2.62. The van der Waals surface area contributed by atoms with Crippen molar-refractivity contribution < 1.29 is 4.52 Å². The third-order valence-corrected chi connectivity index (χ3v) is 3.89. The topological polar surface area (TPSA) is 68.2 Å². The third-order valence-electron chi connectivity index (χ3n) is 3.89. The molecule has 2 atom stereocenters. The predicted octanol–water partition coefficient (Wildman–Crippen LogP) is 1.12.